The monoisotopic (exact) mass is 433 g/mol. The van der Waals surface area contributed by atoms with E-state index in [1.165, 1.54) is 40.8 Å². The summed E-state index contributed by atoms with van der Waals surface area (Å²) in [5, 5.41) is 13.5. The van der Waals surface area contributed by atoms with Crippen LogP contribution in [0.2, 0.25) is 0 Å². The van der Waals surface area contributed by atoms with Crippen LogP contribution in [0.25, 0.3) is 0 Å². The van der Waals surface area contributed by atoms with E-state index < -0.39 is 0 Å². The van der Waals surface area contributed by atoms with Crippen molar-refractivity contribution in [2.75, 3.05) is 12.8 Å². The third-order valence-corrected chi connectivity index (χ3v) is 7.95. The minimum Gasteiger partial charge on any atom is -0.285 e. The van der Waals surface area contributed by atoms with Crippen LogP contribution >= 0.6 is 11.8 Å². The maximum Gasteiger partial charge on any atom is 0.173 e. The molecule has 1 fully saturated rings. The Labute approximate surface area is 189 Å². The van der Waals surface area contributed by atoms with Gasteiger partial charge < -0.3 is 0 Å². The molecular weight excluding hydrogens is 402 g/mol. The normalized spacial score (nSPS) is 19.7. The number of tetrazole rings is 1. The highest BCUT2D eigenvalue weighted by Crippen LogP contribution is 2.40. The number of hydrogen-bond donors (Lipinski definition) is 0. The Balaban J connectivity index is 1.61. The number of hydrogen-bond acceptors (Lipinski definition) is 5. The smallest absolute Gasteiger partial charge is 0.173 e. The lowest BCUT2D eigenvalue weighted by Gasteiger charge is -2.39. The molecular formula is C25H31N5S. The average Bonchev–Trinajstić information content (AvgIpc) is 3.30. The molecule has 0 amide bonds. The maximum atomic E-state index is 4.67. The molecule has 0 spiro atoms. The van der Waals surface area contributed by atoms with Crippen LogP contribution in [-0.4, -0.2) is 37.9 Å². The van der Waals surface area contributed by atoms with Gasteiger partial charge in [0, 0.05) is 18.0 Å². The van der Waals surface area contributed by atoms with Crippen molar-refractivity contribution in [3.63, 3.8) is 0 Å². The molecule has 2 aromatic carbocycles. The molecule has 5 rings (SSSR count). The van der Waals surface area contributed by atoms with Gasteiger partial charge in [0.25, 0.3) is 0 Å². The van der Waals surface area contributed by atoms with E-state index in [1.54, 1.807) is 11.8 Å². The van der Waals surface area contributed by atoms with E-state index in [9.17, 15) is 0 Å². The van der Waals surface area contributed by atoms with Gasteiger partial charge in [-0.05, 0) is 65.6 Å². The SMILES string of the molecule is CSc1ccccc1C(c1nnnn1C1(C)CCCCC1)N1CCc2ccccc2C1. The minimum atomic E-state index is -0.00265. The van der Waals surface area contributed by atoms with E-state index in [-0.39, 0.29) is 11.6 Å². The van der Waals surface area contributed by atoms with Gasteiger partial charge in [-0.3, -0.25) is 4.90 Å². The predicted octanol–water partition coefficient (Wildman–Crippen LogP) is 5.22. The van der Waals surface area contributed by atoms with Crippen LogP contribution in [0, 0.1) is 0 Å². The van der Waals surface area contributed by atoms with Crippen molar-refractivity contribution in [2.24, 2.45) is 0 Å². The van der Waals surface area contributed by atoms with Gasteiger partial charge in [0.15, 0.2) is 5.82 Å². The zero-order valence-corrected chi connectivity index (χ0v) is 19.3. The molecule has 1 saturated carbocycles. The molecule has 0 saturated heterocycles. The lowest BCUT2D eigenvalue weighted by atomic mass is 9.83. The van der Waals surface area contributed by atoms with Gasteiger partial charge in [-0.1, -0.05) is 61.7 Å². The van der Waals surface area contributed by atoms with Gasteiger partial charge in [-0.25, -0.2) is 4.68 Å². The molecule has 1 aliphatic carbocycles. The van der Waals surface area contributed by atoms with E-state index >= 15 is 0 Å². The Kier molecular flexibility index (Phi) is 5.85. The summed E-state index contributed by atoms with van der Waals surface area (Å²) in [6.07, 6.45) is 9.32. The minimum absolute atomic E-state index is 0.00265. The molecule has 1 atom stereocenters. The van der Waals surface area contributed by atoms with Crippen molar-refractivity contribution in [3.8, 4) is 0 Å². The van der Waals surface area contributed by atoms with E-state index in [0.29, 0.717) is 0 Å². The summed E-state index contributed by atoms with van der Waals surface area (Å²) in [5.74, 6) is 0.991. The first-order valence-corrected chi connectivity index (χ1v) is 12.6. The quantitative estimate of drug-likeness (QED) is 0.516. The van der Waals surface area contributed by atoms with Gasteiger partial charge in [0.1, 0.15) is 0 Å². The zero-order chi connectivity index (χ0) is 21.3. The molecule has 0 N–H and O–H groups in total. The second-order valence-corrected chi connectivity index (χ2v) is 9.99. The molecule has 162 valence electrons. The number of nitrogens with zero attached hydrogens (tertiary/aromatic N) is 5. The number of fused-ring (bicyclic) bond motifs is 1. The van der Waals surface area contributed by atoms with Crippen molar-refractivity contribution in [1.29, 1.82) is 0 Å². The number of benzene rings is 2. The van der Waals surface area contributed by atoms with Gasteiger partial charge in [0.05, 0.1) is 11.6 Å². The largest absolute Gasteiger partial charge is 0.285 e. The van der Waals surface area contributed by atoms with Gasteiger partial charge in [-0.15, -0.1) is 16.9 Å². The zero-order valence-electron chi connectivity index (χ0n) is 18.5. The average molecular weight is 434 g/mol. The molecule has 6 heteroatoms. The molecule has 3 aromatic rings. The Bertz CT molecular complexity index is 1040. The van der Waals surface area contributed by atoms with Crippen molar-refractivity contribution in [2.45, 2.75) is 68.5 Å². The standard InChI is InChI=1S/C25H31N5S/c1-25(15-8-3-9-16-25)30-24(26-27-28-30)23(21-12-6-7-13-22(21)31-2)29-17-14-19-10-4-5-11-20(19)18-29/h4-7,10-13,23H,3,8-9,14-18H2,1-2H3. The highest BCUT2D eigenvalue weighted by molar-refractivity contribution is 7.98. The third kappa shape index (κ3) is 3.92. The first-order chi connectivity index (χ1) is 15.2. The molecule has 2 aliphatic rings. The molecule has 0 radical (unpaired) electrons. The molecule has 31 heavy (non-hydrogen) atoms. The summed E-state index contributed by atoms with van der Waals surface area (Å²) in [4.78, 5) is 3.88. The molecule has 0 bridgehead atoms. The van der Waals surface area contributed by atoms with Crippen molar-refractivity contribution in [3.05, 3.63) is 71.0 Å². The van der Waals surface area contributed by atoms with E-state index in [2.05, 4.69) is 86.8 Å². The van der Waals surface area contributed by atoms with Crippen molar-refractivity contribution in [1.82, 2.24) is 25.1 Å². The lowest BCUT2D eigenvalue weighted by molar-refractivity contribution is 0.154. The Morgan fingerprint density at radius 3 is 2.52 bits per heavy atom. The lowest BCUT2D eigenvalue weighted by Crippen LogP contribution is -2.40. The Hall–Kier alpha value is -2.18. The maximum absolute atomic E-state index is 4.67. The second kappa shape index (κ2) is 8.75. The van der Waals surface area contributed by atoms with Crippen LogP contribution in [0.3, 0.4) is 0 Å². The third-order valence-electron chi connectivity index (χ3n) is 7.14. The summed E-state index contributed by atoms with van der Waals surface area (Å²) < 4.78 is 2.18. The van der Waals surface area contributed by atoms with Crippen LogP contribution in [0.1, 0.15) is 67.6 Å². The Morgan fingerprint density at radius 2 is 1.71 bits per heavy atom. The molecule has 1 unspecified atom stereocenters. The van der Waals surface area contributed by atoms with Crippen LogP contribution in [0.5, 0.6) is 0 Å². The van der Waals surface area contributed by atoms with Crippen LogP contribution < -0.4 is 0 Å². The fraction of sp³-hybridized carbons (Fsp3) is 0.480. The summed E-state index contributed by atoms with van der Waals surface area (Å²) >= 11 is 1.81. The first kappa shape index (κ1) is 20.7. The van der Waals surface area contributed by atoms with E-state index in [1.807, 2.05) is 0 Å². The summed E-state index contributed by atoms with van der Waals surface area (Å²) in [6, 6.07) is 17.7. The van der Waals surface area contributed by atoms with Crippen LogP contribution in [0.15, 0.2) is 53.4 Å². The van der Waals surface area contributed by atoms with Crippen LogP contribution in [-0.2, 0) is 18.5 Å². The first-order valence-electron chi connectivity index (χ1n) is 11.4. The van der Waals surface area contributed by atoms with Gasteiger partial charge in [-0.2, -0.15) is 0 Å². The predicted molar refractivity (Wildman–Crippen MR) is 125 cm³/mol. The fourth-order valence-corrected chi connectivity index (χ4v) is 6.03. The van der Waals surface area contributed by atoms with Gasteiger partial charge in [0.2, 0.25) is 0 Å². The van der Waals surface area contributed by atoms with E-state index in [0.717, 1.165) is 38.2 Å². The topological polar surface area (TPSA) is 46.8 Å². The molecule has 1 aliphatic heterocycles. The summed E-state index contributed by atoms with van der Waals surface area (Å²) in [7, 11) is 0. The Morgan fingerprint density at radius 1 is 0.968 bits per heavy atom. The summed E-state index contributed by atoms with van der Waals surface area (Å²) in [5.41, 5.74) is 4.19. The van der Waals surface area contributed by atoms with Crippen LogP contribution in [0.4, 0.5) is 0 Å². The van der Waals surface area contributed by atoms with E-state index in [4.69, 9.17) is 0 Å². The summed E-state index contributed by atoms with van der Waals surface area (Å²) in [6.45, 7) is 4.27. The fourth-order valence-electron chi connectivity index (χ4n) is 5.40. The highest BCUT2D eigenvalue weighted by atomic mass is 32.2. The molecule has 5 nitrogen and oxygen atoms in total. The van der Waals surface area contributed by atoms with Crippen molar-refractivity contribution < 1.29 is 0 Å². The molecule has 1 aromatic heterocycles. The number of rotatable bonds is 5. The van der Waals surface area contributed by atoms with Crippen molar-refractivity contribution >= 4 is 11.8 Å². The second-order valence-electron chi connectivity index (χ2n) is 9.14. The number of thioether (sulfide) groups is 1. The molecule has 2 heterocycles. The van der Waals surface area contributed by atoms with Gasteiger partial charge >= 0.3 is 0 Å². The highest BCUT2D eigenvalue weighted by Gasteiger charge is 2.38. The number of aromatic nitrogens is 4.